The van der Waals surface area contributed by atoms with Crippen molar-refractivity contribution in [1.29, 1.82) is 0 Å². The summed E-state index contributed by atoms with van der Waals surface area (Å²) in [6.45, 7) is 7.85. The number of fused-ring (bicyclic) bond motifs is 1. The van der Waals surface area contributed by atoms with Crippen LogP contribution in [0.15, 0.2) is 64.5 Å². The van der Waals surface area contributed by atoms with Crippen molar-refractivity contribution >= 4 is 29.1 Å². The second-order valence-electron chi connectivity index (χ2n) is 8.31. The van der Waals surface area contributed by atoms with E-state index >= 15 is 0 Å². The van der Waals surface area contributed by atoms with Crippen molar-refractivity contribution in [3.8, 4) is 5.75 Å². The van der Waals surface area contributed by atoms with Crippen molar-refractivity contribution in [2.75, 3.05) is 11.9 Å². The number of hydrogen-bond acceptors (Lipinski definition) is 6. The van der Waals surface area contributed by atoms with Crippen LogP contribution in [0.4, 0.5) is 5.69 Å². The minimum absolute atomic E-state index is 0.0869. The summed E-state index contributed by atoms with van der Waals surface area (Å²) in [6.07, 6.45) is 1.62. The van der Waals surface area contributed by atoms with E-state index in [1.54, 1.807) is 11.0 Å². The molecule has 0 atom stereocenters. The molecular formula is C25H27N5O3S. The molecule has 8 nitrogen and oxygen atoms in total. The second kappa shape index (κ2) is 10.1. The minimum atomic E-state index is -0.245. The SMILES string of the molecule is Cc1ccc(OCC(=O)Nc2ccccc2SCc2cc(=O)n3c(ncn3C(C)C)n2)c(C)c1. The zero-order valence-electron chi connectivity index (χ0n) is 19.6. The number of nitrogens with one attached hydrogen (secondary N) is 1. The largest absolute Gasteiger partial charge is 0.483 e. The normalized spacial score (nSPS) is 11.2. The minimum Gasteiger partial charge on any atom is -0.483 e. The van der Waals surface area contributed by atoms with Crippen LogP contribution in [-0.2, 0) is 10.5 Å². The van der Waals surface area contributed by atoms with Crippen LogP contribution in [-0.4, -0.2) is 31.7 Å². The summed E-state index contributed by atoms with van der Waals surface area (Å²) in [4.78, 5) is 34.8. The van der Waals surface area contributed by atoms with E-state index in [1.165, 1.54) is 22.3 Å². The van der Waals surface area contributed by atoms with E-state index in [0.717, 1.165) is 16.0 Å². The summed E-state index contributed by atoms with van der Waals surface area (Å²) in [5.74, 6) is 1.29. The number of amides is 1. The third-order valence-corrected chi connectivity index (χ3v) is 6.32. The van der Waals surface area contributed by atoms with Gasteiger partial charge in [0.1, 0.15) is 12.1 Å². The van der Waals surface area contributed by atoms with E-state index in [-0.39, 0.29) is 24.1 Å². The van der Waals surface area contributed by atoms with Crippen molar-refractivity contribution < 1.29 is 9.53 Å². The molecule has 0 aliphatic heterocycles. The number of ether oxygens (including phenoxy) is 1. The summed E-state index contributed by atoms with van der Waals surface area (Å²) >= 11 is 1.49. The van der Waals surface area contributed by atoms with Crippen LogP contribution in [0.25, 0.3) is 5.78 Å². The standard InChI is InChI=1S/C25H27N5O3S/c1-16(2)29-15-26-25-27-19(12-24(32)30(25)29)14-34-22-8-6-5-7-20(22)28-23(31)13-33-21-10-9-17(3)11-18(21)4/h5-12,15-16H,13-14H2,1-4H3,(H,28,31). The molecular weight excluding hydrogens is 450 g/mol. The van der Waals surface area contributed by atoms with Gasteiger partial charge in [0.2, 0.25) is 0 Å². The van der Waals surface area contributed by atoms with Gasteiger partial charge in [-0.3, -0.25) is 14.3 Å². The molecule has 0 unspecified atom stereocenters. The van der Waals surface area contributed by atoms with Crippen LogP contribution in [0.5, 0.6) is 5.75 Å². The molecule has 2 aromatic heterocycles. The van der Waals surface area contributed by atoms with Gasteiger partial charge in [0.05, 0.1) is 11.4 Å². The smallest absolute Gasteiger partial charge is 0.274 e. The van der Waals surface area contributed by atoms with Crippen molar-refractivity contribution in [3.05, 3.63) is 82.0 Å². The van der Waals surface area contributed by atoms with Gasteiger partial charge in [-0.1, -0.05) is 29.8 Å². The van der Waals surface area contributed by atoms with Crippen LogP contribution in [0.2, 0.25) is 0 Å². The number of aryl methyl sites for hydroxylation is 2. The number of carbonyl (C=O) groups excluding carboxylic acids is 1. The number of benzene rings is 2. The lowest BCUT2D eigenvalue weighted by atomic mass is 10.1. The highest BCUT2D eigenvalue weighted by atomic mass is 32.2. The van der Waals surface area contributed by atoms with Crippen molar-refractivity contribution in [3.63, 3.8) is 0 Å². The zero-order valence-corrected chi connectivity index (χ0v) is 20.4. The van der Waals surface area contributed by atoms with Gasteiger partial charge in [0.15, 0.2) is 6.61 Å². The third kappa shape index (κ3) is 5.31. The first-order valence-corrected chi connectivity index (χ1v) is 12.0. The molecule has 2 aromatic carbocycles. The fourth-order valence-electron chi connectivity index (χ4n) is 3.55. The Bertz CT molecular complexity index is 1390. The Hall–Kier alpha value is -3.59. The Morgan fingerprint density at radius 3 is 2.71 bits per heavy atom. The van der Waals surface area contributed by atoms with Crippen LogP contribution in [0.1, 0.15) is 36.7 Å². The number of anilines is 1. The molecule has 0 radical (unpaired) electrons. The van der Waals surface area contributed by atoms with E-state index in [2.05, 4.69) is 15.3 Å². The summed E-state index contributed by atoms with van der Waals surface area (Å²) < 4.78 is 8.92. The first kappa shape index (κ1) is 23.6. The quantitative estimate of drug-likeness (QED) is 0.378. The molecule has 0 saturated heterocycles. The third-order valence-electron chi connectivity index (χ3n) is 5.21. The maximum absolute atomic E-state index is 12.6. The number of carbonyl (C=O) groups is 1. The first-order valence-electron chi connectivity index (χ1n) is 11.0. The molecule has 0 bridgehead atoms. The Balaban J connectivity index is 1.42. The molecule has 4 aromatic rings. The maximum Gasteiger partial charge on any atom is 0.274 e. The molecule has 0 spiro atoms. The zero-order chi connectivity index (χ0) is 24.2. The van der Waals surface area contributed by atoms with E-state index < -0.39 is 0 Å². The maximum atomic E-state index is 12.6. The topological polar surface area (TPSA) is 90.5 Å². The number of rotatable bonds is 8. The predicted octanol–water partition coefficient (Wildman–Crippen LogP) is 4.40. The Morgan fingerprint density at radius 2 is 1.94 bits per heavy atom. The van der Waals surface area contributed by atoms with Crippen molar-refractivity contribution in [1.82, 2.24) is 19.2 Å². The predicted molar refractivity (Wildman–Crippen MR) is 134 cm³/mol. The molecule has 4 rings (SSSR count). The van der Waals surface area contributed by atoms with Crippen LogP contribution in [0, 0.1) is 13.8 Å². The lowest BCUT2D eigenvalue weighted by molar-refractivity contribution is -0.118. The van der Waals surface area contributed by atoms with Gasteiger partial charge in [0, 0.05) is 22.8 Å². The van der Waals surface area contributed by atoms with Crippen molar-refractivity contribution in [2.24, 2.45) is 0 Å². The highest BCUT2D eigenvalue weighted by Crippen LogP contribution is 2.29. The fraction of sp³-hybridized carbons (Fsp3) is 0.280. The number of thioether (sulfide) groups is 1. The molecule has 1 amide bonds. The highest BCUT2D eigenvalue weighted by Gasteiger charge is 2.12. The van der Waals surface area contributed by atoms with Gasteiger partial charge in [-0.15, -0.1) is 11.8 Å². The lowest BCUT2D eigenvalue weighted by Gasteiger charge is -2.13. The average Bonchev–Trinajstić information content (AvgIpc) is 3.23. The van der Waals surface area contributed by atoms with Crippen LogP contribution < -0.4 is 15.6 Å². The van der Waals surface area contributed by atoms with Crippen LogP contribution >= 0.6 is 11.8 Å². The van der Waals surface area contributed by atoms with E-state index in [0.29, 0.717) is 28.7 Å². The van der Waals surface area contributed by atoms with Gasteiger partial charge in [0.25, 0.3) is 17.2 Å². The number of para-hydroxylation sites is 1. The van der Waals surface area contributed by atoms with E-state index in [4.69, 9.17) is 4.74 Å². The van der Waals surface area contributed by atoms with Crippen molar-refractivity contribution in [2.45, 2.75) is 44.4 Å². The van der Waals surface area contributed by atoms with Crippen LogP contribution in [0.3, 0.4) is 0 Å². The van der Waals surface area contributed by atoms with E-state index in [1.807, 2.05) is 70.2 Å². The number of nitrogens with zero attached hydrogens (tertiary/aromatic N) is 4. The first-order chi connectivity index (χ1) is 16.3. The number of aromatic nitrogens is 4. The Kier molecular flexibility index (Phi) is 7.02. The van der Waals surface area contributed by atoms with Gasteiger partial charge < -0.3 is 10.1 Å². The Labute approximate surface area is 202 Å². The van der Waals surface area contributed by atoms with Gasteiger partial charge >= 0.3 is 0 Å². The average molecular weight is 478 g/mol. The van der Waals surface area contributed by atoms with Gasteiger partial charge in [-0.25, -0.2) is 4.98 Å². The summed E-state index contributed by atoms with van der Waals surface area (Å²) in [5, 5.41) is 2.92. The molecule has 0 aliphatic rings. The Morgan fingerprint density at radius 1 is 1.15 bits per heavy atom. The molecule has 0 aliphatic carbocycles. The fourth-order valence-corrected chi connectivity index (χ4v) is 4.45. The molecule has 0 saturated carbocycles. The van der Waals surface area contributed by atoms with Gasteiger partial charge in [-0.2, -0.15) is 9.50 Å². The second-order valence-corrected chi connectivity index (χ2v) is 9.32. The monoisotopic (exact) mass is 477 g/mol. The molecule has 176 valence electrons. The molecule has 2 heterocycles. The summed E-state index contributed by atoms with van der Waals surface area (Å²) in [7, 11) is 0. The van der Waals surface area contributed by atoms with E-state index in [9.17, 15) is 9.59 Å². The summed E-state index contributed by atoms with van der Waals surface area (Å²) in [6, 6.07) is 15.0. The highest BCUT2D eigenvalue weighted by molar-refractivity contribution is 7.98. The number of hydrogen-bond donors (Lipinski definition) is 1. The van der Waals surface area contributed by atoms with Gasteiger partial charge in [-0.05, 0) is 51.5 Å². The molecule has 0 fully saturated rings. The molecule has 1 N–H and O–H groups in total. The molecule has 34 heavy (non-hydrogen) atoms. The molecule has 9 heteroatoms. The summed E-state index contributed by atoms with van der Waals surface area (Å²) in [5.41, 5.74) is 3.27. The lowest BCUT2D eigenvalue weighted by Crippen LogP contribution is -2.22.